The van der Waals surface area contributed by atoms with Crippen LogP contribution >= 0.6 is 11.6 Å². The number of ketones is 1. The summed E-state index contributed by atoms with van der Waals surface area (Å²) in [6.45, 7) is 3.87. The van der Waals surface area contributed by atoms with Gasteiger partial charge in [0.1, 0.15) is 0 Å². The molecule has 1 amide bonds. The third-order valence-electron chi connectivity index (χ3n) is 8.54. The van der Waals surface area contributed by atoms with Crippen LogP contribution in [-0.4, -0.2) is 41.7 Å². The van der Waals surface area contributed by atoms with E-state index in [0.29, 0.717) is 24.6 Å². The van der Waals surface area contributed by atoms with Crippen molar-refractivity contribution in [2.75, 3.05) is 20.3 Å². The van der Waals surface area contributed by atoms with Crippen LogP contribution in [0.15, 0.2) is 71.9 Å². The summed E-state index contributed by atoms with van der Waals surface area (Å²) in [4.78, 5) is 26.2. The molecule has 220 valence electrons. The molecule has 2 unspecified atom stereocenters. The van der Waals surface area contributed by atoms with Gasteiger partial charge in [-0.25, -0.2) is 0 Å². The predicted molar refractivity (Wildman–Crippen MR) is 170 cm³/mol. The average Bonchev–Trinajstić information content (AvgIpc) is 3.12. The second-order valence-electron chi connectivity index (χ2n) is 11.3. The standard InChI is InChI=1S/C35H40ClN3O3/c1-3-30-31(35(41)37-20-21-42-2)18-19-33-32(30)23-39(38-33)22-24-6-4-8-27(11-10-24)34(40)28-14-12-26(13-15-28)25-7-5-9-29(36)17-16-25/h5,9,12-19,23-24,27H,3-4,6-8,10-11,20-22H2,1-2H3,(H,37,41). The average molecular weight is 586 g/mol. The molecule has 7 heteroatoms. The highest BCUT2D eigenvalue weighted by atomic mass is 35.5. The van der Waals surface area contributed by atoms with Gasteiger partial charge in [0.25, 0.3) is 5.91 Å². The number of fused-ring (bicyclic) bond motifs is 1. The summed E-state index contributed by atoms with van der Waals surface area (Å²) in [7, 11) is 1.62. The number of ether oxygens (including phenoxy) is 1. The van der Waals surface area contributed by atoms with Crippen molar-refractivity contribution in [3.05, 3.63) is 94.2 Å². The summed E-state index contributed by atoms with van der Waals surface area (Å²) in [5.41, 5.74) is 5.76. The largest absolute Gasteiger partial charge is 0.383 e. The summed E-state index contributed by atoms with van der Waals surface area (Å²) >= 11 is 6.12. The van der Waals surface area contributed by atoms with Crippen molar-refractivity contribution in [2.24, 2.45) is 11.8 Å². The molecule has 5 rings (SSSR count). The zero-order valence-corrected chi connectivity index (χ0v) is 25.3. The Hall–Kier alpha value is -3.48. The fourth-order valence-electron chi connectivity index (χ4n) is 6.24. The van der Waals surface area contributed by atoms with Crippen LogP contribution in [-0.2, 0) is 17.7 Å². The first-order chi connectivity index (χ1) is 20.5. The van der Waals surface area contributed by atoms with Gasteiger partial charge in [-0.15, -0.1) is 0 Å². The van der Waals surface area contributed by atoms with Gasteiger partial charge in [-0.05, 0) is 85.4 Å². The number of methoxy groups -OCH3 is 1. The van der Waals surface area contributed by atoms with Gasteiger partial charge >= 0.3 is 0 Å². The first-order valence-corrected chi connectivity index (χ1v) is 15.5. The van der Waals surface area contributed by atoms with Crippen molar-refractivity contribution in [3.8, 4) is 0 Å². The van der Waals surface area contributed by atoms with E-state index in [-0.39, 0.29) is 17.6 Å². The van der Waals surface area contributed by atoms with E-state index in [9.17, 15) is 9.59 Å². The van der Waals surface area contributed by atoms with Gasteiger partial charge in [0, 0.05) is 53.9 Å². The minimum Gasteiger partial charge on any atom is -0.383 e. The number of amides is 1. The zero-order chi connectivity index (χ0) is 29.5. The predicted octanol–water partition coefficient (Wildman–Crippen LogP) is 7.52. The molecule has 2 atom stereocenters. The van der Waals surface area contributed by atoms with E-state index >= 15 is 0 Å². The minimum absolute atomic E-state index is 0.0604. The molecular weight excluding hydrogens is 546 g/mol. The lowest BCUT2D eigenvalue weighted by molar-refractivity contribution is 0.0905. The number of halogens is 1. The van der Waals surface area contributed by atoms with Crippen LogP contribution in [0.4, 0.5) is 0 Å². The smallest absolute Gasteiger partial charge is 0.251 e. The number of nitrogens with zero attached hydrogens (tertiary/aromatic N) is 2. The van der Waals surface area contributed by atoms with E-state index in [1.54, 1.807) is 7.11 Å². The van der Waals surface area contributed by atoms with Crippen LogP contribution in [0, 0.1) is 11.8 Å². The van der Waals surface area contributed by atoms with Crippen LogP contribution < -0.4 is 5.32 Å². The Balaban J connectivity index is 1.21. The lowest BCUT2D eigenvalue weighted by Crippen LogP contribution is -2.27. The Kier molecular flexibility index (Phi) is 10.1. The van der Waals surface area contributed by atoms with Crippen LogP contribution in [0.3, 0.4) is 0 Å². The highest BCUT2D eigenvalue weighted by Gasteiger charge is 2.26. The van der Waals surface area contributed by atoms with Crippen molar-refractivity contribution >= 4 is 39.8 Å². The van der Waals surface area contributed by atoms with E-state index in [4.69, 9.17) is 21.4 Å². The van der Waals surface area contributed by atoms with Crippen molar-refractivity contribution in [3.63, 3.8) is 0 Å². The van der Waals surface area contributed by atoms with Gasteiger partial charge in [0.2, 0.25) is 0 Å². The lowest BCUT2D eigenvalue weighted by atomic mass is 9.89. The van der Waals surface area contributed by atoms with E-state index in [0.717, 1.165) is 84.1 Å². The molecular formula is C35H40ClN3O3. The number of allylic oxidation sites excluding steroid dienone is 6. The third kappa shape index (κ3) is 7.11. The SMILES string of the molecule is CCc1c(C(=O)NCCOC)ccc2nn(CC3CCCC(C(=O)c4ccc(C5=CC=C(Cl)C=CC5)cc4)CC3)cc12. The van der Waals surface area contributed by atoms with Crippen molar-refractivity contribution in [1.29, 1.82) is 0 Å². The normalized spacial score (nSPS) is 19.1. The number of nitrogens with one attached hydrogen (secondary N) is 1. The Labute approximate surface area is 253 Å². The van der Waals surface area contributed by atoms with Crippen molar-refractivity contribution < 1.29 is 14.3 Å². The van der Waals surface area contributed by atoms with Gasteiger partial charge < -0.3 is 10.1 Å². The molecule has 1 aromatic heterocycles. The van der Waals surface area contributed by atoms with Gasteiger partial charge in [-0.1, -0.05) is 61.4 Å². The fourth-order valence-corrected chi connectivity index (χ4v) is 6.39. The van der Waals surface area contributed by atoms with Gasteiger partial charge in [-0.2, -0.15) is 5.10 Å². The summed E-state index contributed by atoms with van der Waals surface area (Å²) in [6.07, 6.45) is 16.6. The van der Waals surface area contributed by atoms with Gasteiger partial charge in [0.15, 0.2) is 5.78 Å². The Morgan fingerprint density at radius 2 is 1.90 bits per heavy atom. The van der Waals surface area contributed by atoms with E-state index in [1.807, 2.05) is 41.1 Å². The highest BCUT2D eigenvalue weighted by molar-refractivity contribution is 6.31. The monoisotopic (exact) mass is 585 g/mol. The van der Waals surface area contributed by atoms with Crippen LogP contribution in [0.2, 0.25) is 0 Å². The molecule has 0 saturated heterocycles. The van der Waals surface area contributed by atoms with Crippen LogP contribution in [0.25, 0.3) is 16.5 Å². The number of carbonyl (C=O) groups excluding carboxylic acids is 2. The molecule has 0 aliphatic heterocycles. The maximum atomic E-state index is 13.5. The Bertz CT molecular complexity index is 1520. The van der Waals surface area contributed by atoms with Gasteiger partial charge in [0.05, 0.1) is 12.1 Å². The summed E-state index contributed by atoms with van der Waals surface area (Å²) in [5, 5.41) is 9.56. The topological polar surface area (TPSA) is 73.2 Å². The molecule has 0 spiro atoms. The number of hydrogen-bond donors (Lipinski definition) is 1. The molecule has 6 nitrogen and oxygen atoms in total. The highest BCUT2D eigenvalue weighted by Crippen LogP contribution is 2.32. The van der Waals surface area contributed by atoms with E-state index < -0.39 is 0 Å². The summed E-state index contributed by atoms with van der Waals surface area (Å²) < 4.78 is 7.10. The Morgan fingerprint density at radius 1 is 1.07 bits per heavy atom. The van der Waals surface area contributed by atoms with Crippen molar-refractivity contribution in [1.82, 2.24) is 15.1 Å². The summed E-state index contributed by atoms with van der Waals surface area (Å²) in [5.74, 6) is 0.712. The number of hydrogen-bond acceptors (Lipinski definition) is 4. The second-order valence-corrected chi connectivity index (χ2v) is 11.8. The minimum atomic E-state index is -0.0755. The number of rotatable bonds is 10. The maximum absolute atomic E-state index is 13.5. The van der Waals surface area contributed by atoms with Gasteiger partial charge in [-0.3, -0.25) is 14.3 Å². The molecule has 42 heavy (non-hydrogen) atoms. The first kappa shape index (κ1) is 30.0. The molecule has 2 aromatic carbocycles. The molecule has 1 fully saturated rings. The third-order valence-corrected chi connectivity index (χ3v) is 8.79. The zero-order valence-electron chi connectivity index (χ0n) is 24.6. The lowest BCUT2D eigenvalue weighted by Gasteiger charge is -2.15. The number of benzene rings is 2. The number of carbonyl (C=O) groups is 2. The molecule has 2 aliphatic carbocycles. The van der Waals surface area contributed by atoms with Crippen LogP contribution in [0.1, 0.15) is 77.3 Å². The first-order valence-electron chi connectivity index (χ1n) is 15.1. The Morgan fingerprint density at radius 3 is 2.69 bits per heavy atom. The fraction of sp³-hybridized carbons (Fsp3) is 0.400. The van der Waals surface area contributed by atoms with Crippen molar-refractivity contribution in [2.45, 2.75) is 58.4 Å². The summed E-state index contributed by atoms with van der Waals surface area (Å²) in [6, 6.07) is 11.9. The quantitative estimate of drug-likeness (QED) is 0.152. The second kappa shape index (κ2) is 14.1. The maximum Gasteiger partial charge on any atom is 0.251 e. The molecule has 1 heterocycles. The molecule has 0 radical (unpaired) electrons. The van der Waals surface area contributed by atoms with E-state index in [2.05, 4.69) is 42.7 Å². The number of Topliss-reactive ketones (excluding diaryl/α,β-unsaturated/α-hetero) is 1. The van der Waals surface area contributed by atoms with E-state index in [1.165, 1.54) is 5.57 Å². The number of aromatic nitrogens is 2. The van der Waals surface area contributed by atoms with Crippen LogP contribution in [0.5, 0.6) is 0 Å². The molecule has 3 aromatic rings. The molecule has 0 bridgehead atoms. The molecule has 1 N–H and O–H groups in total. The molecule has 1 saturated carbocycles. The molecule has 2 aliphatic rings. The number of aryl methyl sites for hydroxylation is 1.